The lowest BCUT2D eigenvalue weighted by molar-refractivity contribution is 0.375. The molecule has 0 bridgehead atoms. The lowest BCUT2D eigenvalue weighted by atomic mass is 9.79. The molecular formula is C24H25Cl2FN2. The van der Waals surface area contributed by atoms with Gasteiger partial charge in [0.15, 0.2) is 0 Å². The van der Waals surface area contributed by atoms with Crippen LogP contribution in [-0.4, -0.2) is 12.1 Å². The predicted molar refractivity (Wildman–Crippen MR) is 121 cm³/mol. The van der Waals surface area contributed by atoms with Crippen molar-refractivity contribution in [2.75, 3.05) is 11.4 Å². The molecule has 1 atom stereocenters. The summed E-state index contributed by atoms with van der Waals surface area (Å²) in [6.45, 7) is 9.62. The number of rotatable bonds is 4. The maximum absolute atomic E-state index is 15.1. The zero-order valence-corrected chi connectivity index (χ0v) is 18.7. The summed E-state index contributed by atoms with van der Waals surface area (Å²) in [6.07, 6.45) is 3.55. The molecule has 5 heteroatoms. The molecule has 0 N–H and O–H groups in total. The van der Waals surface area contributed by atoms with Crippen molar-refractivity contribution in [3.63, 3.8) is 0 Å². The summed E-state index contributed by atoms with van der Waals surface area (Å²) in [6, 6.07) is 10.6. The molecule has 0 aromatic heterocycles. The highest BCUT2D eigenvalue weighted by Gasteiger charge is 2.36. The molecule has 2 nitrogen and oxygen atoms in total. The normalized spacial score (nSPS) is 18.3. The molecule has 1 unspecified atom stereocenters. The van der Waals surface area contributed by atoms with E-state index in [4.69, 9.17) is 23.2 Å². The van der Waals surface area contributed by atoms with Gasteiger partial charge in [-0.1, -0.05) is 43.1 Å². The van der Waals surface area contributed by atoms with Gasteiger partial charge in [0, 0.05) is 33.9 Å². The van der Waals surface area contributed by atoms with Gasteiger partial charge in [-0.05, 0) is 68.5 Å². The lowest BCUT2D eigenvalue weighted by Crippen LogP contribution is -2.48. The first kappa shape index (κ1) is 21.7. The van der Waals surface area contributed by atoms with Crippen molar-refractivity contribution in [2.24, 2.45) is 0 Å². The maximum atomic E-state index is 15.1. The Kier molecular flexibility index (Phi) is 6.27. The van der Waals surface area contributed by atoms with Crippen LogP contribution in [0.3, 0.4) is 0 Å². The number of halogens is 3. The summed E-state index contributed by atoms with van der Waals surface area (Å²) in [4.78, 5) is 2.31. The van der Waals surface area contributed by atoms with Crippen molar-refractivity contribution in [1.29, 1.82) is 5.26 Å². The molecule has 0 amide bonds. The van der Waals surface area contributed by atoms with Gasteiger partial charge in [-0.15, -0.1) is 0 Å². The molecule has 1 heterocycles. The van der Waals surface area contributed by atoms with Crippen LogP contribution in [0.4, 0.5) is 10.1 Å². The van der Waals surface area contributed by atoms with Gasteiger partial charge in [0.1, 0.15) is 5.82 Å². The molecule has 1 aliphatic rings. The molecule has 2 aromatic carbocycles. The quantitative estimate of drug-likeness (QED) is 0.366. The largest absolute Gasteiger partial charge is 0.366 e. The Balaban J connectivity index is 2.12. The molecular weight excluding hydrogens is 406 g/mol. The molecule has 0 spiro atoms. The number of nitriles is 1. The van der Waals surface area contributed by atoms with E-state index in [1.54, 1.807) is 30.3 Å². The number of hydrogen-bond donors (Lipinski definition) is 0. The lowest BCUT2D eigenvalue weighted by Gasteiger charge is -2.47. The van der Waals surface area contributed by atoms with E-state index in [1.165, 1.54) is 0 Å². The van der Waals surface area contributed by atoms with Gasteiger partial charge < -0.3 is 4.90 Å². The first-order chi connectivity index (χ1) is 13.7. The second-order valence-corrected chi connectivity index (χ2v) is 9.14. The fourth-order valence-corrected chi connectivity index (χ4v) is 4.82. The smallest absolute Gasteiger partial charge is 0.132 e. The summed E-state index contributed by atoms with van der Waals surface area (Å²) in [5, 5.41) is 10.5. The fraction of sp³-hybridized carbons (Fsp3) is 0.375. The van der Waals surface area contributed by atoms with E-state index in [2.05, 4.69) is 38.7 Å². The van der Waals surface area contributed by atoms with Crippen LogP contribution in [0, 0.1) is 17.1 Å². The number of anilines is 1. The first-order valence-electron chi connectivity index (χ1n) is 9.86. The Bertz CT molecular complexity index is 1000. The van der Waals surface area contributed by atoms with Crippen molar-refractivity contribution >= 4 is 40.5 Å². The first-order valence-corrected chi connectivity index (χ1v) is 10.6. The van der Waals surface area contributed by atoms with Crippen molar-refractivity contribution in [3.05, 3.63) is 62.9 Å². The van der Waals surface area contributed by atoms with E-state index in [-0.39, 0.29) is 11.4 Å². The summed E-state index contributed by atoms with van der Waals surface area (Å²) >= 11 is 12.2. The molecule has 3 rings (SSSR count). The standard InChI is InChI=1S/C24H25Cl2FN2/c1-5-8-29-23-12-22(27)16(10-20(23)15(2)13-24(29,3)4)9-17(14-28)19-7-6-18(25)11-21(19)26/h6-7,9-12,15H,5,8,13H2,1-4H3/b17-9+. The summed E-state index contributed by atoms with van der Waals surface area (Å²) < 4.78 is 15.1. The van der Waals surface area contributed by atoms with E-state index < -0.39 is 0 Å². The van der Waals surface area contributed by atoms with Crippen molar-refractivity contribution < 1.29 is 4.39 Å². The minimum Gasteiger partial charge on any atom is -0.366 e. The topological polar surface area (TPSA) is 27.0 Å². The molecule has 152 valence electrons. The molecule has 0 saturated carbocycles. The number of benzene rings is 2. The Labute approximate surface area is 182 Å². The number of nitrogens with zero attached hydrogens (tertiary/aromatic N) is 2. The zero-order valence-electron chi connectivity index (χ0n) is 17.2. The van der Waals surface area contributed by atoms with E-state index in [1.807, 2.05) is 6.07 Å². The highest BCUT2D eigenvalue weighted by atomic mass is 35.5. The molecule has 0 radical (unpaired) electrons. The molecule has 0 saturated heterocycles. The van der Waals surface area contributed by atoms with Crippen LogP contribution in [0.1, 0.15) is 63.1 Å². The zero-order chi connectivity index (χ0) is 21.3. The van der Waals surface area contributed by atoms with E-state index in [0.29, 0.717) is 32.7 Å². The average Bonchev–Trinajstić information content (AvgIpc) is 2.64. The molecule has 0 aliphatic carbocycles. The van der Waals surface area contributed by atoms with Crippen LogP contribution < -0.4 is 4.90 Å². The minimum atomic E-state index is -0.340. The van der Waals surface area contributed by atoms with Crippen molar-refractivity contribution in [1.82, 2.24) is 0 Å². The monoisotopic (exact) mass is 430 g/mol. The van der Waals surface area contributed by atoms with Gasteiger partial charge in [-0.2, -0.15) is 5.26 Å². The maximum Gasteiger partial charge on any atom is 0.132 e. The van der Waals surface area contributed by atoms with Crippen LogP contribution in [0.25, 0.3) is 11.6 Å². The van der Waals surface area contributed by atoms with Gasteiger partial charge in [-0.3, -0.25) is 0 Å². The molecule has 1 aliphatic heterocycles. The highest BCUT2D eigenvalue weighted by molar-refractivity contribution is 6.36. The van der Waals surface area contributed by atoms with E-state index >= 15 is 4.39 Å². The molecule has 29 heavy (non-hydrogen) atoms. The van der Waals surface area contributed by atoms with Crippen molar-refractivity contribution in [3.8, 4) is 6.07 Å². The summed E-state index contributed by atoms with van der Waals surface area (Å²) in [5.74, 6) is -0.0434. The summed E-state index contributed by atoms with van der Waals surface area (Å²) in [5.41, 5.74) is 3.28. The Morgan fingerprint density at radius 2 is 2.03 bits per heavy atom. The Hall–Kier alpha value is -2.02. The number of allylic oxidation sites excluding steroid dienone is 1. The van der Waals surface area contributed by atoms with Crippen LogP contribution in [0.2, 0.25) is 10.0 Å². The predicted octanol–water partition coefficient (Wildman–Crippen LogP) is 7.70. The Morgan fingerprint density at radius 3 is 2.66 bits per heavy atom. The van der Waals surface area contributed by atoms with Gasteiger partial charge in [0.2, 0.25) is 0 Å². The SMILES string of the molecule is CCCN1c2cc(F)c(/C=C(\C#N)c3ccc(Cl)cc3Cl)cc2C(C)CC1(C)C. The number of fused-ring (bicyclic) bond motifs is 1. The molecule has 2 aromatic rings. The van der Waals surface area contributed by atoms with Crippen LogP contribution >= 0.6 is 23.2 Å². The third-order valence-corrected chi connectivity index (χ3v) is 6.14. The average molecular weight is 431 g/mol. The van der Waals surface area contributed by atoms with Gasteiger partial charge in [0.25, 0.3) is 0 Å². The second kappa shape index (κ2) is 8.38. The molecule has 0 fully saturated rings. The van der Waals surface area contributed by atoms with Gasteiger partial charge in [-0.25, -0.2) is 4.39 Å². The van der Waals surface area contributed by atoms with Crippen LogP contribution in [0.5, 0.6) is 0 Å². The highest BCUT2D eigenvalue weighted by Crippen LogP contribution is 2.44. The third-order valence-electron chi connectivity index (χ3n) is 5.59. The fourth-order valence-electron chi connectivity index (χ4n) is 4.31. The third kappa shape index (κ3) is 4.29. The van der Waals surface area contributed by atoms with Crippen LogP contribution in [-0.2, 0) is 0 Å². The van der Waals surface area contributed by atoms with Crippen LogP contribution in [0.15, 0.2) is 30.3 Å². The van der Waals surface area contributed by atoms with Gasteiger partial charge in [0.05, 0.1) is 16.7 Å². The van der Waals surface area contributed by atoms with Crippen molar-refractivity contribution in [2.45, 2.75) is 52.0 Å². The van der Waals surface area contributed by atoms with E-state index in [9.17, 15) is 5.26 Å². The van der Waals surface area contributed by atoms with Gasteiger partial charge >= 0.3 is 0 Å². The summed E-state index contributed by atoms with van der Waals surface area (Å²) in [7, 11) is 0. The van der Waals surface area contributed by atoms with E-state index in [0.717, 1.165) is 30.6 Å². The minimum absolute atomic E-state index is 0.0269. The number of hydrogen-bond acceptors (Lipinski definition) is 2. The second-order valence-electron chi connectivity index (χ2n) is 8.30. The Morgan fingerprint density at radius 1 is 1.31 bits per heavy atom.